The van der Waals surface area contributed by atoms with Crippen molar-refractivity contribution in [3.63, 3.8) is 0 Å². The van der Waals surface area contributed by atoms with Gasteiger partial charge in [-0.2, -0.15) is 0 Å². The van der Waals surface area contributed by atoms with Gasteiger partial charge in [0.15, 0.2) is 0 Å². The maximum absolute atomic E-state index is 12.6. The Kier molecular flexibility index (Phi) is 9.25. The Morgan fingerprint density at radius 3 is 2.74 bits per heavy atom. The van der Waals surface area contributed by atoms with Gasteiger partial charge in [-0.15, -0.1) is 24.8 Å². The Morgan fingerprint density at radius 1 is 1.26 bits per heavy atom. The molecule has 0 fully saturated rings. The van der Waals surface area contributed by atoms with E-state index in [4.69, 9.17) is 11.6 Å². The molecule has 1 aliphatic heterocycles. The zero-order valence-corrected chi connectivity index (χ0v) is 20.9. The lowest BCUT2D eigenvalue weighted by Crippen LogP contribution is -2.44. The molecule has 0 aliphatic carbocycles. The van der Waals surface area contributed by atoms with E-state index < -0.39 is 0 Å². The van der Waals surface area contributed by atoms with E-state index in [1.807, 2.05) is 35.4 Å². The van der Waals surface area contributed by atoms with Gasteiger partial charge in [-0.05, 0) is 47.9 Å². The van der Waals surface area contributed by atoms with Crippen LogP contribution in [0.2, 0.25) is 5.02 Å². The van der Waals surface area contributed by atoms with E-state index in [2.05, 4.69) is 49.0 Å². The molecule has 1 unspecified atom stereocenters. The van der Waals surface area contributed by atoms with Crippen LogP contribution in [0.1, 0.15) is 23.7 Å². The predicted octanol–water partition coefficient (Wildman–Crippen LogP) is 5.65. The molecule has 9 heteroatoms. The molecule has 3 aromatic rings. The lowest BCUT2D eigenvalue weighted by Gasteiger charge is -2.32. The van der Waals surface area contributed by atoms with Crippen molar-refractivity contribution < 1.29 is 4.79 Å². The summed E-state index contributed by atoms with van der Waals surface area (Å²) < 4.78 is 1.01. The van der Waals surface area contributed by atoms with Crippen molar-refractivity contribution in [1.82, 2.24) is 14.9 Å². The molecule has 0 spiro atoms. The molecular formula is C22H24BrCl3N4O. The molecule has 1 N–H and O–H groups in total. The lowest BCUT2D eigenvalue weighted by molar-refractivity contribution is -0.131. The summed E-state index contributed by atoms with van der Waals surface area (Å²) in [4.78, 5) is 24.2. The highest BCUT2D eigenvalue weighted by molar-refractivity contribution is 9.10. The number of nitrogens with zero attached hydrogens (tertiary/aromatic N) is 3. The van der Waals surface area contributed by atoms with Crippen molar-refractivity contribution in [2.24, 2.45) is 0 Å². The second kappa shape index (κ2) is 11.2. The van der Waals surface area contributed by atoms with Crippen LogP contribution < -0.4 is 4.90 Å². The molecule has 1 atom stereocenters. The number of hydrogen-bond donors (Lipinski definition) is 1. The first kappa shape index (κ1) is 25.5. The zero-order valence-electron chi connectivity index (χ0n) is 16.9. The lowest BCUT2D eigenvalue weighted by atomic mass is 10.0. The Morgan fingerprint density at radius 2 is 2.06 bits per heavy atom. The van der Waals surface area contributed by atoms with E-state index in [9.17, 15) is 4.79 Å². The summed E-state index contributed by atoms with van der Waals surface area (Å²) in [6.07, 6.45) is 4.29. The van der Waals surface area contributed by atoms with Crippen LogP contribution in [-0.4, -0.2) is 33.4 Å². The molecule has 0 saturated heterocycles. The van der Waals surface area contributed by atoms with Crippen molar-refractivity contribution in [2.45, 2.75) is 32.5 Å². The molecule has 2 aromatic carbocycles. The number of carbonyl (C=O) groups excluding carboxylic acids is 1. The van der Waals surface area contributed by atoms with Crippen LogP contribution in [-0.2, 0) is 24.3 Å². The summed E-state index contributed by atoms with van der Waals surface area (Å²) in [5.74, 6) is 0.0753. The third-order valence-electron chi connectivity index (χ3n) is 5.28. The Labute approximate surface area is 208 Å². The van der Waals surface area contributed by atoms with Crippen LogP contribution in [0.15, 0.2) is 59.5 Å². The van der Waals surface area contributed by atoms with Gasteiger partial charge in [0.05, 0.1) is 24.6 Å². The van der Waals surface area contributed by atoms with E-state index in [-0.39, 0.29) is 36.8 Å². The molecule has 1 aromatic heterocycles. The molecule has 2 heterocycles. The van der Waals surface area contributed by atoms with Gasteiger partial charge in [-0.3, -0.25) is 4.79 Å². The van der Waals surface area contributed by atoms with Gasteiger partial charge in [0.25, 0.3) is 0 Å². The minimum atomic E-state index is 0. The number of H-pyrrole nitrogens is 1. The first-order chi connectivity index (χ1) is 14.0. The molecule has 4 rings (SSSR count). The zero-order chi connectivity index (χ0) is 20.4. The van der Waals surface area contributed by atoms with E-state index in [1.165, 1.54) is 0 Å². The number of aromatic nitrogens is 2. The number of amides is 1. The summed E-state index contributed by atoms with van der Waals surface area (Å²) in [5, 5.41) is 0.715. The van der Waals surface area contributed by atoms with Gasteiger partial charge in [0.2, 0.25) is 5.91 Å². The second-order valence-electron chi connectivity index (χ2n) is 7.37. The first-order valence-corrected chi connectivity index (χ1v) is 10.7. The number of anilines is 1. The van der Waals surface area contributed by atoms with Crippen LogP contribution in [0.25, 0.3) is 0 Å². The van der Waals surface area contributed by atoms with Gasteiger partial charge in [0, 0.05) is 41.4 Å². The Hall–Kier alpha value is -1.73. The summed E-state index contributed by atoms with van der Waals surface area (Å²) in [6.45, 7) is 3.65. The van der Waals surface area contributed by atoms with E-state index >= 15 is 0 Å². The van der Waals surface area contributed by atoms with E-state index in [1.54, 1.807) is 13.3 Å². The van der Waals surface area contributed by atoms with Gasteiger partial charge >= 0.3 is 0 Å². The van der Waals surface area contributed by atoms with Gasteiger partial charge in [-0.1, -0.05) is 39.7 Å². The molecule has 0 bridgehead atoms. The molecule has 1 aliphatic rings. The van der Waals surface area contributed by atoms with Gasteiger partial charge < -0.3 is 14.8 Å². The number of nitrogens with one attached hydrogen (secondary N) is 1. The SMILES string of the molecule is CC(=O)N1Cc2cc(Br)ccc2N(Cc2cnc[nH]2)CC1Cc1cccc(Cl)c1.Cl.Cl. The molecule has 166 valence electrons. The van der Waals surface area contributed by atoms with Gasteiger partial charge in [0.1, 0.15) is 0 Å². The highest BCUT2D eigenvalue weighted by Crippen LogP contribution is 2.32. The van der Waals surface area contributed by atoms with Crippen molar-refractivity contribution in [3.05, 3.63) is 81.3 Å². The molecule has 0 radical (unpaired) electrons. The topological polar surface area (TPSA) is 52.2 Å². The highest BCUT2D eigenvalue weighted by atomic mass is 79.9. The fraction of sp³-hybridized carbons (Fsp3) is 0.273. The van der Waals surface area contributed by atoms with E-state index in [0.717, 1.165) is 39.9 Å². The van der Waals surface area contributed by atoms with Crippen molar-refractivity contribution >= 4 is 63.9 Å². The summed E-state index contributed by atoms with van der Waals surface area (Å²) in [6, 6.07) is 14.2. The number of fused-ring (bicyclic) bond motifs is 1. The fourth-order valence-corrected chi connectivity index (χ4v) is 4.58. The van der Waals surface area contributed by atoms with Crippen LogP contribution in [0.5, 0.6) is 0 Å². The summed E-state index contributed by atoms with van der Waals surface area (Å²) in [7, 11) is 0. The number of rotatable bonds is 4. The average molecular weight is 547 g/mol. The quantitative estimate of drug-likeness (QED) is 0.460. The van der Waals surface area contributed by atoms with Crippen molar-refractivity contribution in [3.8, 4) is 0 Å². The number of halogens is 4. The minimum absolute atomic E-state index is 0. The maximum atomic E-state index is 12.6. The second-order valence-corrected chi connectivity index (χ2v) is 8.72. The molecular weight excluding hydrogens is 523 g/mol. The maximum Gasteiger partial charge on any atom is 0.220 e. The number of benzene rings is 2. The molecule has 0 saturated carbocycles. The first-order valence-electron chi connectivity index (χ1n) is 9.52. The normalized spacial score (nSPS) is 15.4. The molecule has 5 nitrogen and oxygen atoms in total. The average Bonchev–Trinajstić information content (AvgIpc) is 3.13. The monoisotopic (exact) mass is 544 g/mol. The third-order valence-corrected chi connectivity index (χ3v) is 6.00. The van der Waals surface area contributed by atoms with Crippen molar-refractivity contribution in [2.75, 3.05) is 11.4 Å². The fourth-order valence-electron chi connectivity index (χ4n) is 3.96. The van der Waals surface area contributed by atoms with Crippen LogP contribution in [0.4, 0.5) is 5.69 Å². The minimum Gasteiger partial charge on any atom is -0.363 e. The predicted molar refractivity (Wildman–Crippen MR) is 133 cm³/mol. The number of carbonyl (C=O) groups is 1. The van der Waals surface area contributed by atoms with Crippen LogP contribution >= 0.6 is 52.3 Å². The standard InChI is InChI=1S/C22H22BrClN4O.2ClH/c1-15(29)28-11-17-9-18(23)5-6-22(17)27(12-20-10-25-14-26-20)13-21(28)8-16-3-2-4-19(24)7-16;;/h2-7,9-10,14,21H,8,11-13H2,1H3,(H,25,26);2*1H. The third kappa shape index (κ3) is 6.16. The van der Waals surface area contributed by atoms with Crippen LogP contribution in [0, 0.1) is 0 Å². The summed E-state index contributed by atoms with van der Waals surface area (Å²) in [5.41, 5.74) is 4.43. The molecule has 31 heavy (non-hydrogen) atoms. The highest BCUT2D eigenvalue weighted by Gasteiger charge is 2.30. The number of imidazole rings is 1. The smallest absolute Gasteiger partial charge is 0.220 e. The van der Waals surface area contributed by atoms with E-state index in [0.29, 0.717) is 18.1 Å². The largest absolute Gasteiger partial charge is 0.363 e. The van der Waals surface area contributed by atoms with Crippen LogP contribution in [0.3, 0.4) is 0 Å². The van der Waals surface area contributed by atoms with Gasteiger partial charge in [-0.25, -0.2) is 4.98 Å². The Bertz CT molecular complexity index is 1020. The summed E-state index contributed by atoms with van der Waals surface area (Å²) >= 11 is 9.78. The number of hydrogen-bond acceptors (Lipinski definition) is 3. The molecule has 1 amide bonds. The number of aromatic amines is 1. The Balaban J connectivity index is 0.00000171. The van der Waals surface area contributed by atoms with Crippen molar-refractivity contribution in [1.29, 1.82) is 0 Å².